The SMILES string of the molecule is CC(C)CNC(=O)NC(=O)C(C)N1CCN(C(=O)OC(C)(C)C)CC1. The molecular weight excluding hydrogens is 324 g/mol. The van der Waals surface area contributed by atoms with Crippen molar-refractivity contribution in [3.63, 3.8) is 0 Å². The van der Waals surface area contributed by atoms with Crippen LogP contribution in [0, 0.1) is 5.92 Å². The van der Waals surface area contributed by atoms with Gasteiger partial charge in [0.15, 0.2) is 0 Å². The van der Waals surface area contributed by atoms with Crippen molar-refractivity contribution in [2.24, 2.45) is 5.92 Å². The minimum atomic E-state index is -0.523. The van der Waals surface area contributed by atoms with E-state index in [1.807, 2.05) is 39.5 Å². The smallest absolute Gasteiger partial charge is 0.410 e. The molecule has 1 aliphatic rings. The van der Waals surface area contributed by atoms with Crippen molar-refractivity contribution >= 4 is 18.0 Å². The van der Waals surface area contributed by atoms with Gasteiger partial charge in [-0.1, -0.05) is 13.8 Å². The highest BCUT2D eigenvalue weighted by Crippen LogP contribution is 2.13. The second kappa shape index (κ2) is 9.03. The van der Waals surface area contributed by atoms with Crippen LogP contribution in [0.5, 0.6) is 0 Å². The first kappa shape index (κ1) is 21.2. The number of carbonyl (C=O) groups is 3. The molecule has 0 saturated carbocycles. The summed E-state index contributed by atoms with van der Waals surface area (Å²) in [6.07, 6.45) is -0.336. The Kier molecular flexibility index (Phi) is 7.66. The maximum Gasteiger partial charge on any atom is 0.410 e. The van der Waals surface area contributed by atoms with E-state index in [2.05, 4.69) is 10.6 Å². The molecule has 8 heteroatoms. The Labute approximate surface area is 150 Å². The molecule has 1 fully saturated rings. The molecule has 25 heavy (non-hydrogen) atoms. The standard InChI is InChI=1S/C17H32N4O4/c1-12(2)11-18-15(23)19-14(22)13(3)20-7-9-21(10-8-20)16(24)25-17(4,5)6/h12-13H,7-11H2,1-6H3,(H2,18,19,22,23). The van der Waals surface area contributed by atoms with Gasteiger partial charge < -0.3 is 15.0 Å². The number of amides is 4. The third kappa shape index (κ3) is 7.72. The van der Waals surface area contributed by atoms with Crippen LogP contribution in [0.2, 0.25) is 0 Å². The topological polar surface area (TPSA) is 91.0 Å². The zero-order chi connectivity index (χ0) is 19.2. The van der Waals surface area contributed by atoms with Gasteiger partial charge in [0.1, 0.15) is 5.60 Å². The fourth-order valence-electron chi connectivity index (χ4n) is 2.34. The maximum absolute atomic E-state index is 12.2. The van der Waals surface area contributed by atoms with Crippen LogP contribution in [0.1, 0.15) is 41.5 Å². The summed E-state index contributed by atoms with van der Waals surface area (Å²) in [4.78, 5) is 39.5. The highest BCUT2D eigenvalue weighted by atomic mass is 16.6. The lowest BCUT2D eigenvalue weighted by Gasteiger charge is -2.37. The van der Waals surface area contributed by atoms with Crippen molar-refractivity contribution in [1.82, 2.24) is 20.4 Å². The van der Waals surface area contributed by atoms with E-state index in [1.165, 1.54) is 0 Å². The Balaban J connectivity index is 2.41. The number of nitrogens with one attached hydrogen (secondary N) is 2. The molecule has 0 aromatic carbocycles. The van der Waals surface area contributed by atoms with Crippen molar-refractivity contribution in [3.05, 3.63) is 0 Å². The fraction of sp³-hybridized carbons (Fsp3) is 0.824. The number of hydrogen-bond donors (Lipinski definition) is 2. The highest BCUT2D eigenvalue weighted by Gasteiger charge is 2.30. The van der Waals surface area contributed by atoms with Crippen LogP contribution in [0.4, 0.5) is 9.59 Å². The van der Waals surface area contributed by atoms with E-state index in [9.17, 15) is 14.4 Å². The van der Waals surface area contributed by atoms with Gasteiger partial charge in [-0.2, -0.15) is 0 Å². The molecule has 0 bridgehead atoms. The first-order valence-electron chi connectivity index (χ1n) is 8.80. The van der Waals surface area contributed by atoms with Crippen molar-refractivity contribution in [2.75, 3.05) is 32.7 Å². The number of rotatable bonds is 4. The van der Waals surface area contributed by atoms with E-state index in [0.717, 1.165) is 0 Å². The lowest BCUT2D eigenvalue weighted by Crippen LogP contribution is -2.56. The molecular formula is C17H32N4O4. The third-order valence-electron chi connectivity index (χ3n) is 3.80. The molecule has 1 aliphatic heterocycles. The highest BCUT2D eigenvalue weighted by molar-refractivity contribution is 5.96. The molecule has 0 aromatic heterocycles. The van der Waals surface area contributed by atoms with Crippen LogP contribution in [0.25, 0.3) is 0 Å². The molecule has 1 unspecified atom stereocenters. The average Bonchev–Trinajstić information content (AvgIpc) is 2.50. The van der Waals surface area contributed by atoms with Crippen molar-refractivity contribution in [2.45, 2.75) is 53.2 Å². The summed E-state index contributed by atoms with van der Waals surface area (Å²) in [6, 6.07) is -0.913. The fourth-order valence-corrected chi connectivity index (χ4v) is 2.34. The molecule has 0 aromatic rings. The molecule has 144 valence electrons. The van der Waals surface area contributed by atoms with Gasteiger partial charge in [-0.05, 0) is 33.6 Å². The van der Waals surface area contributed by atoms with Crippen LogP contribution in [0.3, 0.4) is 0 Å². The minimum Gasteiger partial charge on any atom is -0.444 e. The minimum absolute atomic E-state index is 0.319. The quantitative estimate of drug-likeness (QED) is 0.795. The Morgan fingerprint density at radius 3 is 2.08 bits per heavy atom. The Morgan fingerprint density at radius 2 is 1.60 bits per heavy atom. The molecule has 0 spiro atoms. The van der Waals surface area contributed by atoms with E-state index < -0.39 is 17.7 Å². The summed E-state index contributed by atoms with van der Waals surface area (Å²) in [7, 11) is 0. The van der Waals surface area contributed by atoms with Gasteiger partial charge in [0.2, 0.25) is 5.91 Å². The molecule has 1 atom stereocenters. The number of carbonyl (C=O) groups excluding carboxylic acids is 3. The number of nitrogens with zero attached hydrogens (tertiary/aromatic N) is 2. The summed E-state index contributed by atoms with van der Waals surface area (Å²) in [6.45, 7) is 13.8. The number of imide groups is 1. The summed E-state index contributed by atoms with van der Waals surface area (Å²) in [5.41, 5.74) is -0.523. The van der Waals surface area contributed by atoms with Gasteiger partial charge >= 0.3 is 12.1 Å². The van der Waals surface area contributed by atoms with Crippen LogP contribution in [-0.2, 0) is 9.53 Å². The molecule has 0 radical (unpaired) electrons. The first-order valence-corrected chi connectivity index (χ1v) is 8.80. The van der Waals surface area contributed by atoms with E-state index in [4.69, 9.17) is 4.74 Å². The van der Waals surface area contributed by atoms with Crippen LogP contribution in [0.15, 0.2) is 0 Å². The Hall–Kier alpha value is -1.83. The summed E-state index contributed by atoms with van der Waals surface area (Å²) in [5, 5.41) is 5.02. The lowest BCUT2D eigenvalue weighted by molar-refractivity contribution is -0.125. The Morgan fingerprint density at radius 1 is 1.04 bits per heavy atom. The monoisotopic (exact) mass is 356 g/mol. The van der Waals surface area contributed by atoms with Crippen LogP contribution in [-0.4, -0.2) is 72.2 Å². The second-order valence-electron chi connectivity index (χ2n) is 7.77. The van der Waals surface area contributed by atoms with Crippen molar-refractivity contribution in [1.29, 1.82) is 0 Å². The number of piperazine rings is 1. The zero-order valence-electron chi connectivity index (χ0n) is 16.2. The van der Waals surface area contributed by atoms with E-state index in [1.54, 1.807) is 11.8 Å². The second-order valence-corrected chi connectivity index (χ2v) is 7.77. The number of urea groups is 1. The summed E-state index contributed by atoms with van der Waals surface area (Å²) in [5.74, 6) is -0.0221. The Bertz CT molecular complexity index is 480. The number of ether oxygens (including phenoxy) is 1. The molecule has 0 aliphatic carbocycles. The van der Waals surface area contributed by atoms with Gasteiger partial charge in [-0.3, -0.25) is 15.0 Å². The maximum atomic E-state index is 12.2. The predicted molar refractivity (Wildman–Crippen MR) is 95.2 cm³/mol. The number of hydrogen-bond acceptors (Lipinski definition) is 5. The molecule has 1 rings (SSSR count). The van der Waals surface area contributed by atoms with Gasteiger partial charge in [0.05, 0.1) is 6.04 Å². The summed E-state index contributed by atoms with van der Waals surface area (Å²) >= 11 is 0. The van der Waals surface area contributed by atoms with Crippen LogP contribution >= 0.6 is 0 Å². The van der Waals surface area contributed by atoms with Crippen LogP contribution < -0.4 is 10.6 Å². The van der Waals surface area contributed by atoms with E-state index in [0.29, 0.717) is 38.6 Å². The average molecular weight is 356 g/mol. The molecule has 8 nitrogen and oxygen atoms in total. The van der Waals surface area contributed by atoms with Crippen molar-refractivity contribution in [3.8, 4) is 0 Å². The van der Waals surface area contributed by atoms with Gasteiger partial charge in [-0.15, -0.1) is 0 Å². The van der Waals surface area contributed by atoms with E-state index in [-0.39, 0.29) is 12.0 Å². The largest absolute Gasteiger partial charge is 0.444 e. The van der Waals surface area contributed by atoms with Crippen molar-refractivity contribution < 1.29 is 19.1 Å². The van der Waals surface area contributed by atoms with Gasteiger partial charge in [0.25, 0.3) is 0 Å². The predicted octanol–water partition coefficient (Wildman–Crippen LogP) is 1.41. The first-order chi connectivity index (χ1) is 11.5. The lowest BCUT2D eigenvalue weighted by atomic mass is 10.2. The zero-order valence-corrected chi connectivity index (χ0v) is 16.2. The van der Waals surface area contributed by atoms with Gasteiger partial charge in [-0.25, -0.2) is 9.59 Å². The summed E-state index contributed by atoms with van der Waals surface area (Å²) < 4.78 is 5.36. The normalized spacial score (nSPS) is 17.2. The molecule has 4 amide bonds. The molecule has 1 heterocycles. The van der Waals surface area contributed by atoms with E-state index >= 15 is 0 Å². The third-order valence-corrected chi connectivity index (χ3v) is 3.80. The van der Waals surface area contributed by atoms with Gasteiger partial charge in [0, 0.05) is 32.7 Å². The molecule has 1 saturated heterocycles. The molecule has 2 N–H and O–H groups in total.